The van der Waals surface area contributed by atoms with Crippen LogP contribution in [-0.2, 0) is 11.2 Å². The summed E-state index contributed by atoms with van der Waals surface area (Å²) in [5.41, 5.74) is 1.15. The molecule has 2 aromatic rings. The fourth-order valence-corrected chi connectivity index (χ4v) is 5.49. The number of halogens is 3. The molecule has 0 amide bonds. The number of rotatable bonds is 4. The highest BCUT2D eigenvalue weighted by atomic mass is 127. The largest absolute Gasteiger partial charge is 0.424 e. The molecule has 0 unspecified atom stereocenters. The van der Waals surface area contributed by atoms with Crippen molar-refractivity contribution in [1.29, 1.82) is 0 Å². The fourth-order valence-electron chi connectivity index (χ4n) is 1.68. The molecule has 0 aliphatic carbocycles. The molecule has 2 nitrogen and oxygen atoms in total. The van der Waals surface area contributed by atoms with Crippen LogP contribution in [-0.4, -0.2) is 5.97 Å². The van der Waals surface area contributed by atoms with Gasteiger partial charge in [0.1, 0.15) is 0 Å². The Kier molecular flexibility index (Phi) is 6.53. The molecule has 0 heterocycles. The molecular weight excluding hydrogens is 593 g/mol. The Hall–Kier alpha value is 0.100. The van der Waals surface area contributed by atoms with Crippen LogP contribution >= 0.6 is 67.8 Å². The minimum Gasteiger partial charge on any atom is -0.424 e. The minimum atomic E-state index is -0.189. The Morgan fingerprint density at radius 1 is 1.00 bits per heavy atom. The van der Waals surface area contributed by atoms with Crippen molar-refractivity contribution < 1.29 is 9.53 Å². The second-order valence-corrected chi connectivity index (χ2v) is 7.73. The summed E-state index contributed by atoms with van der Waals surface area (Å²) in [5, 5.41) is 0. The van der Waals surface area contributed by atoms with E-state index in [4.69, 9.17) is 4.74 Å². The zero-order valence-corrected chi connectivity index (χ0v) is 16.9. The molecule has 0 fully saturated rings. The van der Waals surface area contributed by atoms with E-state index in [0.717, 1.165) is 16.3 Å². The number of aryl methyl sites for hydroxylation is 1. The smallest absolute Gasteiger partial charge is 0.311 e. The van der Waals surface area contributed by atoms with Crippen LogP contribution in [0.5, 0.6) is 5.75 Å². The molecule has 5 heteroatoms. The minimum absolute atomic E-state index is 0.189. The van der Waals surface area contributed by atoms with Gasteiger partial charge in [-0.25, -0.2) is 0 Å². The summed E-state index contributed by atoms with van der Waals surface area (Å²) in [5.74, 6) is 0.482. The van der Waals surface area contributed by atoms with Gasteiger partial charge in [-0.2, -0.15) is 0 Å². The zero-order chi connectivity index (χ0) is 14.5. The van der Waals surface area contributed by atoms with E-state index in [1.54, 1.807) is 0 Å². The number of benzene rings is 2. The van der Waals surface area contributed by atoms with Crippen LogP contribution in [0.25, 0.3) is 0 Å². The third-order valence-electron chi connectivity index (χ3n) is 2.64. The first-order chi connectivity index (χ1) is 9.56. The molecule has 0 atom stereocenters. The molecule has 20 heavy (non-hydrogen) atoms. The van der Waals surface area contributed by atoms with Gasteiger partial charge in [0.25, 0.3) is 0 Å². The molecule has 0 N–H and O–H groups in total. The van der Waals surface area contributed by atoms with E-state index in [0.29, 0.717) is 18.6 Å². The van der Waals surface area contributed by atoms with Crippen molar-refractivity contribution >= 4 is 73.7 Å². The highest BCUT2D eigenvalue weighted by Crippen LogP contribution is 2.29. The van der Waals surface area contributed by atoms with Crippen LogP contribution in [0.2, 0.25) is 0 Å². The maximum Gasteiger partial charge on any atom is 0.311 e. The zero-order valence-electron chi connectivity index (χ0n) is 10.4. The number of carbonyl (C=O) groups is 1. The molecular formula is C15H11I3O2. The van der Waals surface area contributed by atoms with Crippen molar-refractivity contribution in [3.05, 3.63) is 58.7 Å². The second-order valence-electron chi connectivity index (χ2n) is 4.16. The van der Waals surface area contributed by atoms with Gasteiger partial charge in [0.15, 0.2) is 5.75 Å². The predicted octanol–water partition coefficient (Wildman–Crippen LogP) is 5.04. The third-order valence-corrected chi connectivity index (χ3v) is 4.86. The molecule has 0 saturated carbocycles. The Morgan fingerprint density at radius 3 is 2.20 bits per heavy atom. The normalized spacial score (nSPS) is 10.3. The maximum atomic E-state index is 11.9. The number of ether oxygens (including phenoxy) is 1. The molecule has 0 aliphatic rings. The van der Waals surface area contributed by atoms with Crippen LogP contribution in [0, 0.1) is 10.7 Å². The van der Waals surface area contributed by atoms with Crippen molar-refractivity contribution in [1.82, 2.24) is 0 Å². The number of carbonyl (C=O) groups excluding carboxylic acids is 1. The number of hydrogen-bond acceptors (Lipinski definition) is 2. The second kappa shape index (κ2) is 7.92. The summed E-state index contributed by atoms with van der Waals surface area (Å²) >= 11 is 6.65. The van der Waals surface area contributed by atoms with Crippen LogP contribution in [0.15, 0.2) is 42.5 Å². The average molecular weight is 604 g/mol. The van der Waals surface area contributed by atoms with Gasteiger partial charge in [-0.1, -0.05) is 30.3 Å². The van der Waals surface area contributed by atoms with Crippen molar-refractivity contribution in [2.45, 2.75) is 12.8 Å². The summed E-state index contributed by atoms with van der Waals surface area (Å²) in [6, 6.07) is 14.0. The lowest BCUT2D eigenvalue weighted by atomic mass is 10.1. The van der Waals surface area contributed by atoms with Crippen molar-refractivity contribution in [2.75, 3.05) is 0 Å². The lowest BCUT2D eigenvalue weighted by molar-refractivity contribution is -0.134. The first kappa shape index (κ1) is 16.5. The van der Waals surface area contributed by atoms with E-state index < -0.39 is 0 Å². The van der Waals surface area contributed by atoms with E-state index in [2.05, 4.69) is 67.8 Å². The molecule has 0 spiro atoms. The topological polar surface area (TPSA) is 26.3 Å². The van der Waals surface area contributed by atoms with Crippen molar-refractivity contribution in [3.8, 4) is 5.75 Å². The van der Waals surface area contributed by atoms with Crippen LogP contribution in [0.1, 0.15) is 12.0 Å². The van der Waals surface area contributed by atoms with Gasteiger partial charge < -0.3 is 4.74 Å². The Labute approximate surface area is 159 Å². The Balaban J connectivity index is 1.98. The van der Waals surface area contributed by atoms with E-state index in [-0.39, 0.29) is 5.97 Å². The first-order valence-electron chi connectivity index (χ1n) is 5.95. The van der Waals surface area contributed by atoms with E-state index in [1.165, 1.54) is 0 Å². The average Bonchev–Trinajstić information content (AvgIpc) is 2.42. The highest BCUT2D eigenvalue weighted by molar-refractivity contribution is 14.1. The molecule has 0 aromatic heterocycles. The van der Waals surface area contributed by atoms with E-state index in [1.807, 2.05) is 42.5 Å². The fraction of sp³-hybridized carbons (Fsp3) is 0.133. The summed E-state index contributed by atoms with van der Waals surface area (Å²) in [6.07, 6.45) is 1.10. The molecule has 0 saturated heterocycles. The van der Waals surface area contributed by atoms with Gasteiger partial charge in [0.05, 0.1) is 7.14 Å². The van der Waals surface area contributed by atoms with Crippen LogP contribution < -0.4 is 4.74 Å². The standard InChI is InChI=1S/C15H11I3O2/c16-11-8-12(17)15(13(18)9-11)20-14(19)7-6-10-4-2-1-3-5-10/h1-5,8-9H,6-7H2. The van der Waals surface area contributed by atoms with Gasteiger partial charge in [0.2, 0.25) is 0 Å². The number of esters is 1. The Bertz CT molecular complexity index is 589. The van der Waals surface area contributed by atoms with Gasteiger partial charge in [0, 0.05) is 9.99 Å². The lowest BCUT2D eigenvalue weighted by Gasteiger charge is -2.09. The van der Waals surface area contributed by atoms with Gasteiger partial charge in [-0.3, -0.25) is 4.79 Å². The summed E-state index contributed by atoms with van der Waals surface area (Å²) in [4.78, 5) is 11.9. The monoisotopic (exact) mass is 604 g/mol. The Morgan fingerprint density at radius 2 is 1.60 bits per heavy atom. The quantitative estimate of drug-likeness (QED) is 0.278. The van der Waals surface area contributed by atoms with Crippen molar-refractivity contribution in [3.63, 3.8) is 0 Å². The first-order valence-corrected chi connectivity index (χ1v) is 9.19. The summed E-state index contributed by atoms with van der Waals surface area (Å²) < 4.78 is 8.56. The molecule has 0 bridgehead atoms. The van der Waals surface area contributed by atoms with Crippen molar-refractivity contribution in [2.24, 2.45) is 0 Å². The molecule has 0 aliphatic heterocycles. The molecule has 0 radical (unpaired) electrons. The van der Waals surface area contributed by atoms with E-state index in [9.17, 15) is 4.79 Å². The van der Waals surface area contributed by atoms with Gasteiger partial charge in [-0.15, -0.1) is 0 Å². The SMILES string of the molecule is O=C(CCc1ccccc1)Oc1c(I)cc(I)cc1I. The van der Waals surface area contributed by atoms with Gasteiger partial charge >= 0.3 is 5.97 Å². The predicted molar refractivity (Wildman–Crippen MR) is 105 cm³/mol. The van der Waals surface area contributed by atoms with Crippen LogP contribution in [0.3, 0.4) is 0 Å². The summed E-state index contributed by atoms with van der Waals surface area (Å²) in [7, 11) is 0. The van der Waals surface area contributed by atoms with Gasteiger partial charge in [-0.05, 0) is 91.9 Å². The van der Waals surface area contributed by atoms with Crippen LogP contribution in [0.4, 0.5) is 0 Å². The van der Waals surface area contributed by atoms with E-state index >= 15 is 0 Å². The lowest BCUT2D eigenvalue weighted by Crippen LogP contribution is -2.11. The highest BCUT2D eigenvalue weighted by Gasteiger charge is 2.12. The molecule has 2 rings (SSSR count). The summed E-state index contributed by atoms with van der Waals surface area (Å²) in [6.45, 7) is 0. The molecule has 2 aromatic carbocycles. The molecule has 104 valence electrons. The maximum absolute atomic E-state index is 11.9. The number of hydrogen-bond donors (Lipinski definition) is 0. The third kappa shape index (κ3) is 4.83.